The Balaban J connectivity index is 0.949. The quantitative estimate of drug-likeness (QED) is 0.113. The molecule has 2 N–H and O–H groups in total. The highest BCUT2D eigenvalue weighted by atomic mass is 16.2. The molecule has 4 atom stereocenters. The number of rotatable bonds is 13. The van der Waals surface area contributed by atoms with Crippen LogP contribution >= 0.6 is 0 Å². The first-order valence-corrected chi connectivity index (χ1v) is 21.8. The molecule has 0 aliphatic carbocycles. The summed E-state index contributed by atoms with van der Waals surface area (Å²) in [7, 11) is 0. The lowest BCUT2D eigenvalue weighted by atomic mass is 10.0. The zero-order chi connectivity index (χ0) is 41.6. The van der Waals surface area contributed by atoms with E-state index in [4.69, 9.17) is 9.97 Å². The van der Waals surface area contributed by atoms with Gasteiger partial charge in [-0.3, -0.25) is 19.4 Å². The topological polar surface area (TPSA) is 104 Å². The van der Waals surface area contributed by atoms with Crippen LogP contribution in [0, 0.1) is 11.8 Å². The van der Waals surface area contributed by atoms with Crippen molar-refractivity contribution in [1.29, 1.82) is 0 Å². The Labute approximate surface area is 354 Å². The molecule has 0 radical (unpaired) electrons. The van der Waals surface area contributed by atoms with Gasteiger partial charge in [-0.05, 0) is 98.9 Å². The number of likely N-dealkylation sites (N-methyl/N-ethyl adjacent to an activating group) is 2. The maximum Gasteiger partial charge on any atom is 0.245 e. The van der Waals surface area contributed by atoms with Crippen molar-refractivity contribution in [2.24, 2.45) is 0 Å². The lowest BCUT2D eigenvalue weighted by Crippen LogP contribution is -2.43. The van der Waals surface area contributed by atoms with Crippen LogP contribution in [-0.4, -0.2) is 90.6 Å². The number of hydrogen-bond acceptors (Lipinski definition) is 6. The summed E-state index contributed by atoms with van der Waals surface area (Å²) in [4.78, 5) is 53.9. The first-order chi connectivity index (χ1) is 29.4. The summed E-state index contributed by atoms with van der Waals surface area (Å²) >= 11 is 0. The highest BCUT2D eigenvalue weighted by Crippen LogP contribution is 2.37. The molecule has 4 aromatic carbocycles. The maximum atomic E-state index is 14.3. The highest BCUT2D eigenvalue weighted by molar-refractivity contribution is 5.85. The molecule has 2 fully saturated rings. The van der Waals surface area contributed by atoms with E-state index < -0.39 is 0 Å². The van der Waals surface area contributed by atoms with Gasteiger partial charge in [-0.15, -0.1) is 0 Å². The number of aromatic nitrogens is 4. The van der Waals surface area contributed by atoms with Crippen LogP contribution in [0.25, 0.3) is 22.3 Å². The number of fused-ring (bicyclic) bond motifs is 1. The van der Waals surface area contributed by atoms with Crippen LogP contribution in [0.3, 0.4) is 0 Å². The fraction of sp³-hybridized carbons (Fsp3) is 0.360. The van der Waals surface area contributed by atoms with Gasteiger partial charge in [0.05, 0.1) is 35.0 Å². The van der Waals surface area contributed by atoms with Gasteiger partial charge in [-0.1, -0.05) is 112 Å². The van der Waals surface area contributed by atoms with Crippen molar-refractivity contribution < 1.29 is 9.59 Å². The van der Waals surface area contributed by atoms with E-state index >= 15 is 0 Å². The number of nitrogens with one attached hydrogen (secondary N) is 2. The number of likely N-dealkylation sites (tertiary alicyclic amines) is 2. The number of aromatic amines is 2. The van der Waals surface area contributed by atoms with Gasteiger partial charge < -0.3 is 19.8 Å². The minimum Gasteiger partial charge on any atom is -0.340 e. The van der Waals surface area contributed by atoms with E-state index in [2.05, 4.69) is 95.7 Å². The van der Waals surface area contributed by atoms with Crippen LogP contribution in [0.5, 0.6) is 0 Å². The number of H-pyrrole nitrogens is 2. The van der Waals surface area contributed by atoms with Crippen LogP contribution in [0.1, 0.15) is 111 Å². The molecule has 60 heavy (non-hydrogen) atoms. The van der Waals surface area contributed by atoms with Crippen LogP contribution < -0.4 is 0 Å². The average molecular weight is 801 g/mol. The second kappa shape index (κ2) is 18.5. The molecular weight excluding hydrogens is 745 g/mol. The molecule has 2 saturated heterocycles. The predicted molar refractivity (Wildman–Crippen MR) is 238 cm³/mol. The minimum atomic E-state index is -0.324. The molecule has 0 saturated carbocycles. The first kappa shape index (κ1) is 40.7. The van der Waals surface area contributed by atoms with E-state index in [1.165, 1.54) is 0 Å². The van der Waals surface area contributed by atoms with Crippen LogP contribution in [0.4, 0.5) is 0 Å². The average Bonchev–Trinajstić information content (AvgIpc) is 4.14. The second-order valence-corrected chi connectivity index (χ2v) is 15.8. The van der Waals surface area contributed by atoms with Gasteiger partial charge in [0.2, 0.25) is 11.8 Å². The summed E-state index contributed by atoms with van der Waals surface area (Å²) in [6, 6.07) is 33.7. The number of carbonyl (C=O) groups is 2. The summed E-state index contributed by atoms with van der Waals surface area (Å²) in [5, 5.41) is 0. The van der Waals surface area contributed by atoms with Gasteiger partial charge in [0.25, 0.3) is 0 Å². The SMILES string of the molecule is CCN(CC)[C@H](C(=O)N1CCC[C@H]1c1ncc(-c2ccc(C#Cc3ccc4nc([C@@H]5CCCN5C(=O)[C@H](c5ccccc5)N(CC)CC)[nH]c4c3)cc2)[nH]1)c1ccccc1. The molecule has 2 amide bonds. The molecule has 2 aromatic heterocycles. The van der Waals surface area contributed by atoms with E-state index in [0.29, 0.717) is 0 Å². The Morgan fingerprint density at radius 2 is 1.18 bits per heavy atom. The van der Waals surface area contributed by atoms with Crippen molar-refractivity contribution in [3.05, 3.63) is 143 Å². The number of carbonyl (C=O) groups excluding carboxylic acids is 2. The lowest BCUT2D eigenvalue weighted by Gasteiger charge is -2.34. The number of hydrogen-bond donors (Lipinski definition) is 2. The van der Waals surface area contributed by atoms with Crippen molar-refractivity contribution in [2.75, 3.05) is 39.3 Å². The van der Waals surface area contributed by atoms with Gasteiger partial charge >= 0.3 is 0 Å². The largest absolute Gasteiger partial charge is 0.340 e. The molecule has 10 heteroatoms. The van der Waals surface area contributed by atoms with Crippen LogP contribution in [0.15, 0.2) is 109 Å². The number of nitrogens with zero attached hydrogens (tertiary/aromatic N) is 6. The summed E-state index contributed by atoms with van der Waals surface area (Å²) < 4.78 is 0. The molecule has 10 nitrogen and oxygen atoms in total. The van der Waals surface area contributed by atoms with Gasteiger partial charge in [0.15, 0.2) is 0 Å². The summed E-state index contributed by atoms with van der Waals surface area (Å²) in [5.74, 6) is 8.60. The van der Waals surface area contributed by atoms with E-state index in [1.54, 1.807) is 0 Å². The van der Waals surface area contributed by atoms with Gasteiger partial charge in [-0.25, -0.2) is 9.97 Å². The third-order valence-corrected chi connectivity index (χ3v) is 12.4. The van der Waals surface area contributed by atoms with Crippen LogP contribution in [0.2, 0.25) is 0 Å². The predicted octanol–water partition coefficient (Wildman–Crippen LogP) is 8.85. The van der Waals surface area contributed by atoms with Crippen molar-refractivity contribution in [3.63, 3.8) is 0 Å². The van der Waals surface area contributed by atoms with Crippen molar-refractivity contribution in [2.45, 2.75) is 77.5 Å². The first-order valence-electron chi connectivity index (χ1n) is 21.8. The summed E-state index contributed by atoms with van der Waals surface area (Å²) in [6.45, 7) is 13.1. The van der Waals surface area contributed by atoms with Gasteiger partial charge in [-0.2, -0.15) is 0 Å². The van der Waals surface area contributed by atoms with Gasteiger partial charge in [0.1, 0.15) is 23.7 Å². The lowest BCUT2D eigenvalue weighted by molar-refractivity contribution is -0.139. The second-order valence-electron chi connectivity index (χ2n) is 15.8. The van der Waals surface area contributed by atoms with E-state index in [9.17, 15) is 9.59 Å². The molecule has 2 aliphatic heterocycles. The van der Waals surface area contributed by atoms with E-state index in [-0.39, 0.29) is 36.0 Å². The minimum absolute atomic E-state index is 0.0920. The zero-order valence-electron chi connectivity index (χ0n) is 35.3. The third-order valence-electron chi connectivity index (χ3n) is 12.4. The van der Waals surface area contributed by atoms with Crippen molar-refractivity contribution in [3.8, 4) is 23.1 Å². The molecule has 2 aliphatic rings. The third kappa shape index (κ3) is 8.38. The summed E-state index contributed by atoms with van der Waals surface area (Å²) in [6.07, 6.45) is 5.51. The number of amides is 2. The fourth-order valence-electron chi connectivity index (χ4n) is 9.21. The van der Waals surface area contributed by atoms with Crippen molar-refractivity contribution in [1.82, 2.24) is 39.5 Å². The molecule has 4 heterocycles. The number of imidazole rings is 2. The standard InChI is InChI=1S/C50H56N8O2/c1-5-55(6-2)45(38-17-11-9-12-18-38)49(59)57-31-15-21-43(57)47-51-34-42(54-47)37-28-25-35(26-29-37)23-24-36-27-30-40-41(33-36)53-48(52-40)44-22-16-32-58(44)50(60)46(56(7-3)8-4)39-19-13-10-14-20-39/h9-14,17-20,25-30,33-34,43-46H,5-8,15-16,21-22,31-32H2,1-4H3,(H,51,54)(H,52,53)/t43-,44-,45-,46-/m0/s1. The Morgan fingerprint density at radius 3 is 1.73 bits per heavy atom. The molecule has 0 unspecified atom stereocenters. The summed E-state index contributed by atoms with van der Waals surface area (Å²) in [5.41, 5.74) is 7.55. The Morgan fingerprint density at radius 1 is 0.667 bits per heavy atom. The van der Waals surface area contributed by atoms with Gasteiger partial charge in [0, 0.05) is 24.2 Å². The normalized spacial score (nSPS) is 17.6. The van der Waals surface area contributed by atoms with E-state index in [1.807, 2.05) is 82.7 Å². The van der Waals surface area contributed by atoms with Crippen molar-refractivity contribution >= 4 is 22.8 Å². The monoisotopic (exact) mass is 800 g/mol. The Hall–Kier alpha value is -6.02. The zero-order valence-corrected chi connectivity index (χ0v) is 35.3. The molecule has 0 bridgehead atoms. The molecular formula is C50H56N8O2. The molecule has 0 spiro atoms. The van der Waals surface area contributed by atoms with E-state index in [0.717, 1.165) is 121 Å². The highest BCUT2D eigenvalue weighted by Gasteiger charge is 2.39. The number of benzene rings is 4. The molecule has 308 valence electrons. The molecule has 8 rings (SSSR count). The van der Waals surface area contributed by atoms with Crippen LogP contribution in [-0.2, 0) is 9.59 Å². The molecule has 6 aromatic rings. The Bertz CT molecular complexity index is 2440. The fourth-order valence-corrected chi connectivity index (χ4v) is 9.21. The Kier molecular flexibility index (Phi) is 12.6. The maximum absolute atomic E-state index is 14.3. The smallest absolute Gasteiger partial charge is 0.245 e.